The normalized spacial score (nSPS) is 22.4. The summed E-state index contributed by atoms with van der Waals surface area (Å²) in [5.74, 6) is -0.321. The third kappa shape index (κ3) is 2.10. The van der Waals surface area contributed by atoms with E-state index in [1.54, 1.807) is 18.2 Å². The maximum absolute atomic E-state index is 12.5. The van der Waals surface area contributed by atoms with Gasteiger partial charge in [0.25, 0.3) is 0 Å². The molecule has 0 aliphatic carbocycles. The minimum atomic E-state index is -0.142. The molecule has 2 heterocycles. The van der Waals surface area contributed by atoms with Crippen molar-refractivity contribution >= 4 is 23.2 Å². The van der Waals surface area contributed by atoms with Crippen LogP contribution in [0.4, 0.5) is 11.4 Å². The van der Waals surface area contributed by atoms with Gasteiger partial charge in [-0.1, -0.05) is 0 Å². The third-order valence-corrected chi connectivity index (χ3v) is 3.80. The molecule has 3 N–H and O–H groups in total. The maximum Gasteiger partial charge on any atom is 0.238 e. The number of imide groups is 1. The lowest BCUT2D eigenvalue weighted by molar-refractivity contribution is -0.128. The summed E-state index contributed by atoms with van der Waals surface area (Å²) in [6, 6.07) is 5.28. The number of carbonyl (C=O) groups excluding carboxylic acids is 2. The number of benzene rings is 1. The van der Waals surface area contributed by atoms with E-state index in [4.69, 9.17) is 5.73 Å². The topological polar surface area (TPSA) is 75.4 Å². The summed E-state index contributed by atoms with van der Waals surface area (Å²) in [5, 5.41) is 3.21. The summed E-state index contributed by atoms with van der Waals surface area (Å²) in [6.45, 7) is 1.61. The third-order valence-electron chi connectivity index (χ3n) is 3.80. The Balaban J connectivity index is 1.89. The van der Waals surface area contributed by atoms with E-state index in [0.717, 1.165) is 24.9 Å². The predicted octanol–water partition coefficient (Wildman–Crippen LogP) is 0.684. The number of nitrogen functional groups attached to an aromatic ring is 1. The fourth-order valence-electron chi connectivity index (χ4n) is 2.83. The van der Waals surface area contributed by atoms with E-state index in [9.17, 15) is 9.59 Å². The molecule has 1 aromatic carbocycles. The summed E-state index contributed by atoms with van der Waals surface area (Å²) >= 11 is 0. The molecule has 100 valence electrons. The molecule has 2 aliphatic heterocycles. The second kappa shape index (κ2) is 4.66. The second-order valence-corrected chi connectivity index (χ2v) is 5.18. The van der Waals surface area contributed by atoms with E-state index in [1.807, 2.05) is 0 Å². The van der Waals surface area contributed by atoms with Crippen LogP contribution in [-0.2, 0) is 16.0 Å². The van der Waals surface area contributed by atoms with Gasteiger partial charge in [0.2, 0.25) is 11.8 Å². The molecule has 1 fully saturated rings. The zero-order valence-corrected chi connectivity index (χ0v) is 10.7. The Morgan fingerprint density at radius 3 is 3.00 bits per heavy atom. The number of nitrogens with zero attached hydrogens (tertiary/aromatic N) is 1. The number of fused-ring (bicyclic) bond motifs is 1. The molecule has 1 unspecified atom stereocenters. The highest BCUT2D eigenvalue weighted by Crippen LogP contribution is 2.32. The van der Waals surface area contributed by atoms with Crippen molar-refractivity contribution in [2.45, 2.75) is 19.3 Å². The van der Waals surface area contributed by atoms with Crippen LogP contribution < -0.4 is 16.0 Å². The van der Waals surface area contributed by atoms with Crippen molar-refractivity contribution in [1.82, 2.24) is 5.32 Å². The minimum absolute atomic E-state index is 0.0827. The van der Waals surface area contributed by atoms with Crippen molar-refractivity contribution in [3.05, 3.63) is 23.8 Å². The number of rotatable bonds is 1. The zero-order valence-electron chi connectivity index (χ0n) is 10.7. The van der Waals surface area contributed by atoms with Crippen LogP contribution in [0.3, 0.4) is 0 Å². The van der Waals surface area contributed by atoms with Gasteiger partial charge in [0.15, 0.2) is 0 Å². The first kappa shape index (κ1) is 12.2. The van der Waals surface area contributed by atoms with Gasteiger partial charge in [-0.25, -0.2) is 4.90 Å². The van der Waals surface area contributed by atoms with Gasteiger partial charge >= 0.3 is 0 Å². The molecular weight excluding hydrogens is 242 g/mol. The molecule has 19 heavy (non-hydrogen) atoms. The highest BCUT2D eigenvalue weighted by Gasteiger charge is 2.36. The van der Waals surface area contributed by atoms with Crippen LogP contribution in [0.1, 0.15) is 18.4 Å². The zero-order chi connectivity index (χ0) is 13.4. The Morgan fingerprint density at radius 2 is 2.26 bits per heavy atom. The number of nitrogens with two attached hydrogens (primary N) is 1. The number of anilines is 2. The second-order valence-electron chi connectivity index (χ2n) is 5.18. The van der Waals surface area contributed by atoms with E-state index >= 15 is 0 Å². The summed E-state index contributed by atoms with van der Waals surface area (Å²) in [4.78, 5) is 25.9. The Morgan fingerprint density at radius 1 is 1.42 bits per heavy atom. The molecular formula is C14H17N3O2. The molecule has 0 saturated carbocycles. The fraction of sp³-hybridized carbons (Fsp3) is 0.429. The SMILES string of the molecule is Nc1ccc2c(c1)CC(=O)N2C(=O)C1CCCNC1. The Kier molecular flexibility index (Phi) is 2.98. The molecule has 3 rings (SSSR count). The quantitative estimate of drug-likeness (QED) is 0.574. The van der Waals surface area contributed by atoms with Crippen LogP contribution in [-0.4, -0.2) is 24.9 Å². The summed E-state index contributed by atoms with van der Waals surface area (Å²) < 4.78 is 0. The Hall–Kier alpha value is -1.88. The monoisotopic (exact) mass is 259 g/mol. The van der Waals surface area contributed by atoms with Gasteiger partial charge in [0.1, 0.15) is 0 Å². The van der Waals surface area contributed by atoms with Crippen molar-refractivity contribution in [3.8, 4) is 0 Å². The van der Waals surface area contributed by atoms with E-state index < -0.39 is 0 Å². The molecule has 5 nitrogen and oxygen atoms in total. The van der Waals surface area contributed by atoms with Gasteiger partial charge < -0.3 is 11.1 Å². The Bertz CT molecular complexity index is 535. The van der Waals surface area contributed by atoms with E-state index in [2.05, 4.69) is 5.32 Å². The maximum atomic E-state index is 12.5. The molecule has 0 aromatic heterocycles. The molecule has 1 atom stereocenters. The molecule has 2 aliphatic rings. The molecule has 0 bridgehead atoms. The van der Waals surface area contributed by atoms with Crippen molar-refractivity contribution in [3.63, 3.8) is 0 Å². The fourth-order valence-corrected chi connectivity index (χ4v) is 2.83. The first-order chi connectivity index (χ1) is 9.16. The van der Waals surface area contributed by atoms with Gasteiger partial charge in [-0.2, -0.15) is 0 Å². The van der Waals surface area contributed by atoms with Gasteiger partial charge in [0.05, 0.1) is 18.0 Å². The van der Waals surface area contributed by atoms with E-state index in [0.29, 0.717) is 17.9 Å². The van der Waals surface area contributed by atoms with Gasteiger partial charge in [-0.3, -0.25) is 9.59 Å². The number of carbonyl (C=O) groups is 2. The molecule has 0 radical (unpaired) electrons. The minimum Gasteiger partial charge on any atom is -0.399 e. The molecule has 0 spiro atoms. The number of nitrogens with one attached hydrogen (secondary N) is 1. The first-order valence-electron chi connectivity index (χ1n) is 6.63. The summed E-state index contributed by atoms with van der Waals surface area (Å²) in [6.07, 6.45) is 2.10. The van der Waals surface area contributed by atoms with Gasteiger partial charge in [0, 0.05) is 12.2 Å². The van der Waals surface area contributed by atoms with Crippen LogP contribution >= 0.6 is 0 Å². The standard InChI is InChI=1S/C14H17N3O2/c15-11-3-4-12-10(6-11)7-13(18)17(12)14(19)9-2-1-5-16-8-9/h3-4,6,9,16H,1-2,5,7-8,15H2. The summed E-state index contributed by atoms with van der Waals surface area (Å²) in [5.41, 5.74) is 7.89. The molecule has 1 saturated heterocycles. The van der Waals surface area contributed by atoms with Crippen LogP contribution in [0.15, 0.2) is 18.2 Å². The average molecular weight is 259 g/mol. The van der Waals surface area contributed by atoms with E-state index in [-0.39, 0.29) is 24.2 Å². The van der Waals surface area contributed by atoms with Crippen molar-refractivity contribution < 1.29 is 9.59 Å². The molecule has 1 aromatic rings. The largest absolute Gasteiger partial charge is 0.399 e. The van der Waals surface area contributed by atoms with Crippen LogP contribution in [0, 0.1) is 5.92 Å². The number of piperidine rings is 1. The smallest absolute Gasteiger partial charge is 0.238 e. The lowest BCUT2D eigenvalue weighted by atomic mass is 9.98. The van der Waals surface area contributed by atoms with E-state index in [1.165, 1.54) is 4.90 Å². The van der Waals surface area contributed by atoms with Crippen LogP contribution in [0.5, 0.6) is 0 Å². The number of hydrogen-bond donors (Lipinski definition) is 2. The summed E-state index contributed by atoms with van der Waals surface area (Å²) in [7, 11) is 0. The van der Waals surface area contributed by atoms with Crippen LogP contribution in [0.2, 0.25) is 0 Å². The Labute approximate surface area is 111 Å². The predicted molar refractivity (Wildman–Crippen MR) is 72.6 cm³/mol. The first-order valence-corrected chi connectivity index (χ1v) is 6.63. The van der Waals surface area contributed by atoms with Crippen LogP contribution in [0.25, 0.3) is 0 Å². The number of amides is 2. The van der Waals surface area contributed by atoms with Crippen molar-refractivity contribution in [2.24, 2.45) is 5.92 Å². The van der Waals surface area contributed by atoms with Crippen molar-refractivity contribution in [1.29, 1.82) is 0 Å². The highest BCUT2D eigenvalue weighted by atomic mass is 16.2. The lowest BCUT2D eigenvalue weighted by Crippen LogP contribution is -2.44. The molecule has 5 heteroatoms. The highest BCUT2D eigenvalue weighted by molar-refractivity contribution is 6.19. The van der Waals surface area contributed by atoms with Crippen molar-refractivity contribution in [2.75, 3.05) is 23.7 Å². The molecule has 2 amide bonds. The van der Waals surface area contributed by atoms with Gasteiger partial charge in [-0.15, -0.1) is 0 Å². The average Bonchev–Trinajstić information content (AvgIpc) is 2.74. The lowest BCUT2D eigenvalue weighted by Gasteiger charge is -2.26. The van der Waals surface area contributed by atoms with Gasteiger partial charge in [-0.05, 0) is 43.1 Å². The number of hydrogen-bond acceptors (Lipinski definition) is 4.